The molecule has 146 valence electrons. The lowest BCUT2D eigenvalue weighted by molar-refractivity contribution is -0.116. The molecule has 0 fully saturated rings. The maximum absolute atomic E-state index is 12.6. The van der Waals surface area contributed by atoms with Crippen molar-refractivity contribution >= 4 is 34.7 Å². The minimum atomic E-state index is -0.0624. The van der Waals surface area contributed by atoms with Crippen LogP contribution in [0, 0.1) is 4.77 Å². The molecule has 0 spiro atoms. The highest BCUT2D eigenvalue weighted by Gasteiger charge is 2.06. The van der Waals surface area contributed by atoms with Crippen LogP contribution < -0.4 is 10.9 Å². The topological polar surface area (TPSA) is 66.9 Å². The molecule has 0 saturated heterocycles. The lowest BCUT2D eigenvalue weighted by Crippen LogP contribution is -2.22. The number of anilines is 1. The number of hydrogen-bond donors (Lipinski definition) is 2. The van der Waals surface area contributed by atoms with Gasteiger partial charge < -0.3 is 10.3 Å². The van der Waals surface area contributed by atoms with Crippen LogP contribution in [-0.2, 0) is 17.8 Å². The molecule has 6 heteroatoms. The van der Waals surface area contributed by atoms with E-state index in [0.29, 0.717) is 23.1 Å². The number of hydrogen-bond acceptors (Lipinski definition) is 3. The van der Waals surface area contributed by atoms with E-state index in [-0.39, 0.29) is 11.5 Å². The first-order valence-electron chi connectivity index (χ1n) is 9.69. The van der Waals surface area contributed by atoms with E-state index in [9.17, 15) is 9.59 Å². The molecule has 0 bridgehead atoms. The number of benzene rings is 2. The number of aryl methyl sites for hydroxylation is 1. The van der Waals surface area contributed by atoms with Crippen molar-refractivity contribution in [2.24, 2.45) is 0 Å². The van der Waals surface area contributed by atoms with Gasteiger partial charge in [0.05, 0.1) is 10.9 Å². The predicted octanol–water partition coefficient (Wildman–Crippen LogP) is 4.82. The van der Waals surface area contributed by atoms with Gasteiger partial charge in [0.15, 0.2) is 4.77 Å². The van der Waals surface area contributed by atoms with Crippen LogP contribution >= 0.6 is 12.2 Å². The minimum absolute atomic E-state index is 0.0180. The Kier molecular flexibility index (Phi) is 6.76. The summed E-state index contributed by atoms with van der Waals surface area (Å²) >= 11 is 5.32. The predicted molar refractivity (Wildman–Crippen MR) is 116 cm³/mol. The molecule has 2 N–H and O–H groups in total. The molecule has 5 nitrogen and oxygen atoms in total. The number of aromatic amines is 1. The van der Waals surface area contributed by atoms with Crippen molar-refractivity contribution in [3.63, 3.8) is 0 Å². The van der Waals surface area contributed by atoms with Crippen LogP contribution in [0.15, 0.2) is 53.3 Å². The lowest BCUT2D eigenvalue weighted by atomic mass is 10.1. The molecule has 1 aromatic heterocycles. The van der Waals surface area contributed by atoms with Crippen LogP contribution in [0.4, 0.5) is 5.69 Å². The Balaban J connectivity index is 1.47. The highest BCUT2D eigenvalue weighted by molar-refractivity contribution is 7.71. The van der Waals surface area contributed by atoms with E-state index in [2.05, 4.69) is 17.2 Å². The van der Waals surface area contributed by atoms with Gasteiger partial charge in [0.25, 0.3) is 5.56 Å². The first-order valence-corrected chi connectivity index (χ1v) is 10.1. The first kappa shape index (κ1) is 20.0. The molecule has 0 radical (unpaired) electrons. The van der Waals surface area contributed by atoms with Crippen molar-refractivity contribution in [1.29, 1.82) is 0 Å². The van der Waals surface area contributed by atoms with E-state index in [1.54, 1.807) is 10.6 Å². The molecule has 0 aliphatic heterocycles. The number of fused-ring (bicyclic) bond motifs is 1. The van der Waals surface area contributed by atoms with E-state index >= 15 is 0 Å². The molecule has 3 aromatic rings. The first-order chi connectivity index (χ1) is 13.6. The van der Waals surface area contributed by atoms with Crippen LogP contribution in [0.2, 0.25) is 0 Å². The number of nitrogens with one attached hydrogen (secondary N) is 2. The van der Waals surface area contributed by atoms with Gasteiger partial charge in [-0.3, -0.25) is 14.2 Å². The highest BCUT2D eigenvalue weighted by Crippen LogP contribution is 2.12. The number of para-hydroxylation sites is 1. The average molecular weight is 396 g/mol. The molecule has 0 saturated carbocycles. The molecule has 0 aliphatic carbocycles. The maximum Gasteiger partial charge on any atom is 0.262 e. The van der Waals surface area contributed by atoms with E-state index in [4.69, 9.17) is 12.2 Å². The Hall–Kier alpha value is -2.73. The summed E-state index contributed by atoms with van der Waals surface area (Å²) < 4.78 is 2.05. The number of carbonyl (C=O) groups excluding carboxylic acids is 1. The molecule has 1 heterocycles. The zero-order chi connectivity index (χ0) is 19.9. The van der Waals surface area contributed by atoms with Crippen LogP contribution in [-0.4, -0.2) is 15.5 Å². The van der Waals surface area contributed by atoms with Crippen LogP contribution in [0.25, 0.3) is 10.9 Å². The summed E-state index contributed by atoms with van der Waals surface area (Å²) in [4.78, 5) is 27.8. The largest absolute Gasteiger partial charge is 0.332 e. The standard InChI is InChI=1S/C22H25N3O2S/c1-2-16-11-13-17(14-12-16)23-20(26)10-4-3-7-15-25-21(27)18-8-5-6-9-19(18)24-22(25)28/h5-6,8-9,11-14H,2-4,7,10,15H2,1H3,(H,23,26)(H,24,28). The van der Waals surface area contributed by atoms with Gasteiger partial charge in [0, 0.05) is 18.7 Å². The lowest BCUT2D eigenvalue weighted by Gasteiger charge is -2.08. The molecule has 2 aromatic carbocycles. The van der Waals surface area contributed by atoms with Gasteiger partial charge in [-0.05, 0) is 61.3 Å². The summed E-state index contributed by atoms with van der Waals surface area (Å²) in [5, 5.41) is 3.57. The van der Waals surface area contributed by atoms with Gasteiger partial charge in [-0.1, -0.05) is 37.6 Å². The smallest absolute Gasteiger partial charge is 0.262 e. The quantitative estimate of drug-likeness (QED) is 0.424. The van der Waals surface area contributed by atoms with E-state index in [1.807, 2.05) is 42.5 Å². The van der Waals surface area contributed by atoms with Gasteiger partial charge >= 0.3 is 0 Å². The Morgan fingerprint density at radius 2 is 1.82 bits per heavy atom. The van der Waals surface area contributed by atoms with E-state index in [1.165, 1.54) is 5.56 Å². The van der Waals surface area contributed by atoms with Crippen molar-refractivity contribution in [3.05, 3.63) is 69.2 Å². The summed E-state index contributed by atoms with van der Waals surface area (Å²) in [7, 11) is 0. The van der Waals surface area contributed by atoms with Gasteiger partial charge in [-0.2, -0.15) is 0 Å². The number of aromatic nitrogens is 2. The summed E-state index contributed by atoms with van der Waals surface area (Å²) in [5.74, 6) is 0.0180. The molecule has 0 unspecified atom stereocenters. The second kappa shape index (κ2) is 9.46. The SMILES string of the molecule is CCc1ccc(NC(=O)CCCCCn2c(=S)[nH]c3ccccc3c2=O)cc1. The molecule has 0 atom stereocenters. The molecule has 28 heavy (non-hydrogen) atoms. The number of amides is 1. The Morgan fingerprint density at radius 1 is 1.07 bits per heavy atom. The summed E-state index contributed by atoms with van der Waals surface area (Å²) in [5.41, 5.74) is 2.78. The molecular formula is C22H25N3O2S. The number of H-pyrrole nitrogens is 1. The Labute approximate surface area is 169 Å². The van der Waals surface area contributed by atoms with Crippen LogP contribution in [0.3, 0.4) is 0 Å². The van der Waals surface area contributed by atoms with Gasteiger partial charge in [0.2, 0.25) is 5.91 Å². The van der Waals surface area contributed by atoms with Crippen LogP contribution in [0.1, 0.15) is 38.2 Å². The summed E-state index contributed by atoms with van der Waals surface area (Å²) in [6.45, 7) is 2.66. The summed E-state index contributed by atoms with van der Waals surface area (Å²) in [6.07, 6.45) is 3.88. The van der Waals surface area contributed by atoms with Crippen molar-refractivity contribution in [3.8, 4) is 0 Å². The monoisotopic (exact) mass is 395 g/mol. The van der Waals surface area contributed by atoms with E-state index < -0.39 is 0 Å². The number of nitrogens with zero attached hydrogens (tertiary/aromatic N) is 1. The van der Waals surface area contributed by atoms with Gasteiger partial charge in [-0.15, -0.1) is 0 Å². The third-order valence-electron chi connectivity index (χ3n) is 4.82. The number of rotatable bonds is 8. The zero-order valence-corrected chi connectivity index (χ0v) is 16.8. The van der Waals surface area contributed by atoms with Crippen LogP contribution in [0.5, 0.6) is 0 Å². The number of unbranched alkanes of at least 4 members (excludes halogenated alkanes) is 2. The fourth-order valence-corrected chi connectivity index (χ4v) is 3.47. The fourth-order valence-electron chi connectivity index (χ4n) is 3.18. The van der Waals surface area contributed by atoms with E-state index in [0.717, 1.165) is 36.9 Å². The third kappa shape index (κ3) is 4.95. The molecule has 1 amide bonds. The zero-order valence-electron chi connectivity index (χ0n) is 16.0. The average Bonchev–Trinajstić information content (AvgIpc) is 2.70. The molecule has 3 rings (SSSR count). The maximum atomic E-state index is 12.6. The summed E-state index contributed by atoms with van der Waals surface area (Å²) in [6, 6.07) is 15.3. The highest BCUT2D eigenvalue weighted by atomic mass is 32.1. The van der Waals surface area contributed by atoms with Crippen molar-refractivity contribution < 1.29 is 4.79 Å². The fraction of sp³-hybridized carbons (Fsp3) is 0.318. The normalized spacial score (nSPS) is 10.9. The van der Waals surface area contributed by atoms with Gasteiger partial charge in [-0.25, -0.2) is 0 Å². The molecular weight excluding hydrogens is 370 g/mol. The Bertz CT molecular complexity index is 1070. The number of carbonyl (C=O) groups is 1. The van der Waals surface area contributed by atoms with Gasteiger partial charge in [0.1, 0.15) is 0 Å². The second-order valence-electron chi connectivity index (χ2n) is 6.84. The van der Waals surface area contributed by atoms with Crippen molar-refractivity contribution in [2.45, 2.75) is 45.6 Å². The van der Waals surface area contributed by atoms with Crippen molar-refractivity contribution in [2.75, 3.05) is 5.32 Å². The van der Waals surface area contributed by atoms with Crippen molar-refractivity contribution in [1.82, 2.24) is 9.55 Å². The second-order valence-corrected chi connectivity index (χ2v) is 7.23. The minimum Gasteiger partial charge on any atom is -0.332 e. The third-order valence-corrected chi connectivity index (χ3v) is 5.14. The molecule has 0 aliphatic rings. The Morgan fingerprint density at radius 3 is 2.57 bits per heavy atom.